The van der Waals surface area contributed by atoms with E-state index < -0.39 is 43.4 Å². The van der Waals surface area contributed by atoms with Crippen molar-refractivity contribution in [1.82, 2.24) is 9.88 Å². The van der Waals surface area contributed by atoms with Crippen LogP contribution in [0.4, 0.5) is 15.0 Å². The van der Waals surface area contributed by atoms with Crippen LogP contribution >= 0.6 is 11.6 Å². The lowest BCUT2D eigenvalue weighted by Gasteiger charge is -2.24. The molecule has 12 heteroatoms. The van der Waals surface area contributed by atoms with Gasteiger partial charge in [-0.1, -0.05) is 48.0 Å². The van der Waals surface area contributed by atoms with E-state index in [1.807, 2.05) is 24.3 Å². The number of ether oxygens (including phenoxy) is 2. The van der Waals surface area contributed by atoms with Crippen molar-refractivity contribution >= 4 is 34.3 Å². The fourth-order valence-corrected chi connectivity index (χ4v) is 3.86. The van der Waals surface area contributed by atoms with Gasteiger partial charge in [0.05, 0.1) is 24.8 Å². The summed E-state index contributed by atoms with van der Waals surface area (Å²) in [5, 5.41) is 42.5. The fraction of sp³-hybridized carbons (Fsp3) is 0.385. The van der Waals surface area contributed by atoms with Crippen LogP contribution in [0.15, 0.2) is 54.7 Å². The number of hydrogen-bond acceptors (Lipinski definition) is 9. The Balaban J connectivity index is 1.74. The van der Waals surface area contributed by atoms with Gasteiger partial charge in [-0.25, -0.2) is 14.2 Å². The molecule has 3 rings (SSSR count). The number of fused-ring (bicyclic) bond motifs is 1. The molecule has 0 bridgehead atoms. The Bertz CT molecular complexity index is 1190. The highest BCUT2D eigenvalue weighted by Gasteiger charge is 2.33. The van der Waals surface area contributed by atoms with Crippen LogP contribution in [0.1, 0.15) is 5.56 Å². The van der Waals surface area contributed by atoms with Crippen LogP contribution in [0.2, 0.25) is 5.02 Å². The monoisotopic (exact) mass is 551 g/mol. The van der Waals surface area contributed by atoms with Gasteiger partial charge in [-0.2, -0.15) is 4.90 Å². The van der Waals surface area contributed by atoms with E-state index in [2.05, 4.69) is 10.3 Å². The average Bonchev–Trinajstić information content (AvgIpc) is 2.92. The number of rotatable bonds is 14. The third kappa shape index (κ3) is 8.84. The molecule has 0 aliphatic heterocycles. The lowest BCUT2D eigenvalue weighted by atomic mass is 10.1. The zero-order valence-corrected chi connectivity index (χ0v) is 21.3. The van der Waals surface area contributed by atoms with Crippen molar-refractivity contribution in [2.45, 2.75) is 24.8 Å². The number of aromatic nitrogens is 1. The van der Waals surface area contributed by atoms with Gasteiger partial charge in [0, 0.05) is 17.1 Å². The molecular weight excluding hydrogens is 521 g/mol. The molecule has 1 heterocycles. The SMILES string of the molecule is O=C(Nc1cc2ccccc2cn1)OC[C@H](COC[C@H](O)CO)[N+](Cc1cccc(F)c1Cl)C[C@H](O)CO. The molecule has 0 saturated heterocycles. The van der Waals surface area contributed by atoms with Gasteiger partial charge >= 0.3 is 6.09 Å². The number of nitrogens with zero attached hydrogens (tertiary/aromatic N) is 2. The summed E-state index contributed by atoms with van der Waals surface area (Å²) in [6, 6.07) is 12.8. The van der Waals surface area contributed by atoms with Gasteiger partial charge in [-0.3, -0.25) is 5.32 Å². The summed E-state index contributed by atoms with van der Waals surface area (Å²) in [6.07, 6.45) is -1.45. The molecule has 2 aromatic carbocycles. The largest absolute Gasteiger partial charge is 0.443 e. The normalized spacial score (nSPS) is 13.9. The minimum absolute atomic E-state index is 0.0292. The lowest BCUT2D eigenvalue weighted by Crippen LogP contribution is -2.51. The van der Waals surface area contributed by atoms with Crippen LogP contribution < -0.4 is 10.2 Å². The number of amides is 1. The van der Waals surface area contributed by atoms with E-state index in [0.717, 1.165) is 10.8 Å². The molecule has 0 aliphatic rings. The first-order valence-corrected chi connectivity index (χ1v) is 12.3. The van der Waals surface area contributed by atoms with Gasteiger partial charge in [-0.15, -0.1) is 0 Å². The predicted octanol–water partition coefficient (Wildman–Crippen LogP) is 2.01. The minimum Gasteiger partial charge on any atom is -0.443 e. The van der Waals surface area contributed by atoms with E-state index in [1.165, 1.54) is 12.1 Å². The van der Waals surface area contributed by atoms with Gasteiger partial charge in [0.1, 0.15) is 37.0 Å². The molecule has 3 aromatic rings. The number of carbonyl (C=O) groups is 1. The molecule has 0 fully saturated rings. The first-order valence-electron chi connectivity index (χ1n) is 11.9. The first kappa shape index (κ1) is 29.7. The Hall–Kier alpha value is -2.90. The number of carbonyl (C=O) groups excluding carboxylic acids is 1. The molecule has 10 nitrogen and oxygen atoms in total. The molecule has 0 aliphatic carbocycles. The Morgan fingerprint density at radius 1 is 1.03 bits per heavy atom. The molecule has 3 atom stereocenters. The third-order valence-electron chi connectivity index (χ3n) is 5.68. The highest BCUT2D eigenvalue weighted by molar-refractivity contribution is 6.31. The lowest BCUT2D eigenvalue weighted by molar-refractivity contribution is -0.0183. The van der Waals surface area contributed by atoms with Crippen molar-refractivity contribution in [3.63, 3.8) is 0 Å². The number of anilines is 1. The molecular formula is C26H31ClFN3O7+. The second-order valence-electron chi connectivity index (χ2n) is 8.65. The first-order chi connectivity index (χ1) is 18.3. The van der Waals surface area contributed by atoms with E-state index >= 15 is 0 Å². The van der Waals surface area contributed by atoms with Gasteiger partial charge in [0.25, 0.3) is 0 Å². The minimum atomic E-state index is -1.16. The number of pyridine rings is 1. The maximum absolute atomic E-state index is 14.0. The van der Waals surface area contributed by atoms with Gasteiger partial charge in [0.15, 0.2) is 19.2 Å². The van der Waals surface area contributed by atoms with Gasteiger partial charge in [-0.05, 0) is 17.5 Å². The Morgan fingerprint density at radius 3 is 2.50 bits per heavy atom. The number of aliphatic hydroxyl groups is 4. The maximum Gasteiger partial charge on any atom is 0.413 e. The number of nitrogens with one attached hydrogen (secondary N) is 1. The molecule has 1 radical (unpaired) electrons. The smallest absolute Gasteiger partial charge is 0.413 e. The maximum atomic E-state index is 14.0. The molecule has 0 saturated carbocycles. The number of aliphatic hydroxyl groups excluding tert-OH is 4. The molecule has 1 amide bonds. The van der Waals surface area contributed by atoms with Crippen molar-refractivity contribution in [3.8, 4) is 0 Å². The number of halogens is 2. The van der Waals surface area contributed by atoms with Gasteiger partial charge in [0.2, 0.25) is 0 Å². The Labute approximate surface area is 224 Å². The van der Waals surface area contributed by atoms with Crippen molar-refractivity contribution in [2.75, 3.05) is 44.9 Å². The summed E-state index contributed by atoms with van der Waals surface area (Å²) in [7, 11) is 0. The van der Waals surface area contributed by atoms with Crippen LogP contribution in [0.25, 0.3) is 10.8 Å². The third-order valence-corrected chi connectivity index (χ3v) is 6.10. The topological polar surface area (TPSA) is 147 Å². The zero-order valence-electron chi connectivity index (χ0n) is 20.5. The molecule has 205 valence electrons. The number of benzene rings is 2. The van der Waals surface area contributed by atoms with Crippen LogP contribution in [-0.4, -0.2) is 89.3 Å². The molecule has 0 spiro atoms. The standard InChI is InChI=1S/C26H31ClFN3O7/c27-25-19(6-3-7-23(25)28)10-31(11-21(34)12-32)20(14-37-16-22(35)13-33)15-38-26(36)30-24-8-17-4-1-2-5-18(17)9-29-24/h1-9,20-22,32-35H,10-16H2,(H,29,30,36)/q+1/t20-,21-,22+/m0/s1. The Kier molecular flexibility index (Phi) is 11.6. The van der Waals surface area contributed by atoms with Crippen LogP contribution in [-0.2, 0) is 16.0 Å². The summed E-state index contributed by atoms with van der Waals surface area (Å²) >= 11 is 6.13. The summed E-state index contributed by atoms with van der Waals surface area (Å²) in [5.41, 5.74) is 0.405. The van der Waals surface area contributed by atoms with E-state index in [0.29, 0.717) is 5.56 Å². The second-order valence-corrected chi connectivity index (χ2v) is 9.02. The second kappa shape index (κ2) is 14.9. The van der Waals surface area contributed by atoms with E-state index in [4.69, 9.17) is 26.2 Å². The number of hydrogen-bond donors (Lipinski definition) is 5. The van der Waals surface area contributed by atoms with Crippen molar-refractivity contribution in [3.05, 3.63) is 71.1 Å². The summed E-state index contributed by atoms with van der Waals surface area (Å²) in [4.78, 5) is 18.4. The summed E-state index contributed by atoms with van der Waals surface area (Å²) < 4.78 is 25.0. The van der Waals surface area contributed by atoms with Crippen molar-refractivity contribution in [1.29, 1.82) is 0 Å². The van der Waals surface area contributed by atoms with Gasteiger partial charge < -0.3 is 29.9 Å². The van der Waals surface area contributed by atoms with Crippen LogP contribution in [0.3, 0.4) is 0 Å². The highest BCUT2D eigenvalue weighted by Crippen LogP contribution is 2.22. The molecule has 0 unspecified atom stereocenters. The molecule has 38 heavy (non-hydrogen) atoms. The van der Waals surface area contributed by atoms with E-state index in [1.54, 1.807) is 23.2 Å². The predicted molar refractivity (Wildman–Crippen MR) is 140 cm³/mol. The average molecular weight is 552 g/mol. The highest BCUT2D eigenvalue weighted by atomic mass is 35.5. The quantitative estimate of drug-likeness (QED) is 0.191. The van der Waals surface area contributed by atoms with Crippen molar-refractivity contribution < 1.29 is 39.1 Å². The van der Waals surface area contributed by atoms with Crippen molar-refractivity contribution in [2.24, 2.45) is 0 Å². The Morgan fingerprint density at radius 2 is 1.76 bits per heavy atom. The van der Waals surface area contributed by atoms with E-state index in [-0.39, 0.29) is 43.8 Å². The fourth-order valence-electron chi connectivity index (χ4n) is 3.68. The van der Waals surface area contributed by atoms with Crippen LogP contribution in [0.5, 0.6) is 0 Å². The zero-order chi connectivity index (χ0) is 27.5. The van der Waals surface area contributed by atoms with E-state index in [9.17, 15) is 24.5 Å². The molecule has 1 aromatic heterocycles. The summed E-state index contributed by atoms with van der Waals surface area (Å²) in [5.74, 6) is -0.337. The van der Waals surface area contributed by atoms with Crippen LogP contribution in [0, 0.1) is 5.82 Å². The molecule has 5 N–H and O–H groups in total. The summed E-state index contributed by atoms with van der Waals surface area (Å²) in [6.45, 7) is -1.63.